The number of hydrogen-bond acceptors (Lipinski definition) is 5. The molecule has 0 spiro atoms. The summed E-state index contributed by atoms with van der Waals surface area (Å²) < 4.78 is 0.362. The molecule has 1 fully saturated rings. The number of rotatable bonds is 5. The van der Waals surface area contributed by atoms with Gasteiger partial charge in [-0.05, 0) is 11.6 Å². The Hall–Kier alpha value is -1.70. The van der Waals surface area contributed by atoms with E-state index in [2.05, 4.69) is 5.32 Å². The van der Waals surface area contributed by atoms with E-state index in [1.54, 1.807) is 6.08 Å². The van der Waals surface area contributed by atoms with E-state index >= 15 is 0 Å². The Morgan fingerprint density at radius 2 is 2.10 bits per heavy atom. The van der Waals surface area contributed by atoms with Crippen molar-refractivity contribution in [2.45, 2.75) is 0 Å². The first-order valence-electron chi connectivity index (χ1n) is 6.30. The fourth-order valence-corrected chi connectivity index (χ4v) is 2.99. The predicted molar refractivity (Wildman–Crippen MR) is 86.4 cm³/mol. The standard InChI is InChI=1S/C14H14N2O3S2/c17-7-6-15-12(18)9-16-13(19)11(21-14(16)20)8-10-4-2-1-3-5-10/h1-5,8,17H,6-7,9H2,(H,15,18). The van der Waals surface area contributed by atoms with Gasteiger partial charge in [-0.2, -0.15) is 0 Å². The molecule has 1 aliphatic rings. The Morgan fingerprint density at radius 3 is 2.76 bits per heavy atom. The second-order valence-corrected chi connectivity index (χ2v) is 5.93. The van der Waals surface area contributed by atoms with Gasteiger partial charge in [-0.1, -0.05) is 54.3 Å². The van der Waals surface area contributed by atoms with Gasteiger partial charge in [0.1, 0.15) is 10.9 Å². The van der Waals surface area contributed by atoms with E-state index in [4.69, 9.17) is 17.3 Å². The summed E-state index contributed by atoms with van der Waals surface area (Å²) in [5.74, 6) is -0.616. The molecule has 2 N–H and O–H groups in total. The van der Waals surface area contributed by atoms with Crippen molar-refractivity contribution in [2.75, 3.05) is 19.7 Å². The van der Waals surface area contributed by atoms with Crippen LogP contribution < -0.4 is 5.32 Å². The molecule has 0 bridgehead atoms. The van der Waals surface area contributed by atoms with E-state index in [0.717, 1.165) is 5.56 Å². The zero-order valence-corrected chi connectivity index (χ0v) is 12.7. The van der Waals surface area contributed by atoms with Crippen LogP contribution in [0.15, 0.2) is 35.2 Å². The van der Waals surface area contributed by atoms with Gasteiger partial charge >= 0.3 is 0 Å². The second kappa shape index (κ2) is 7.35. The maximum atomic E-state index is 12.2. The molecule has 0 atom stereocenters. The lowest BCUT2D eigenvalue weighted by Crippen LogP contribution is -2.40. The number of carbonyl (C=O) groups excluding carboxylic acids is 2. The van der Waals surface area contributed by atoms with Gasteiger partial charge in [0.2, 0.25) is 5.91 Å². The number of aliphatic hydroxyl groups is 1. The molecule has 7 heteroatoms. The molecule has 1 aliphatic heterocycles. The summed E-state index contributed by atoms with van der Waals surface area (Å²) in [6, 6.07) is 9.44. The Bertz CT molecular complexity index is 587. The maximum Gasteiger partial charge on any atom is 0.266 e. The number of aliphatic hydroxyl groups excluding tert-OH is 1. The van der Waals surface area contributed by atoms with Gasteiger partial charge in [0, 0.05) is 6.54 Å². The number of hydrogen-bond donors (Lipinski definition) is 2. The summed E-state index contributed by atoms with van der Waals surface area (Å²) in [5.41, 5.74) is 0.905. The van der Waals surface area contributed by atoms with Crippen LogP contribution in [-0.2, 0) is 9.59 Å². The van der Waals surface area contributed by atoms with Crippen molar-refractivity contribution in [3.05, 3.63) is 40.8 Å². The molecule has 0 radical (unpaired) electrons. The zero-order valence-electron chi connectivity index (χ0n) is 11.1. The summed E-state index contributed by atoms with van der Waals surface area (Å²) >= 11 is 6.32. The van der Waals surface area contributed by atoms with Gasteiger partial charge < -0.3 is 10.4 Å². The lowest BCUT2D eigenvalue weighted by atomic mass is 10.2. The van der Waals surface area contributed by atoms with Gasteiger partial charge in [0.15, 0.2) is 0 Å². The summed E-state index contributed by atoms with van der Waals surface area (Å²) in [7, 11) is 0. The molecule has 0 unspecified atom stereocenters. The van der Waals surface area contributed by atoms with Crippen LogP contribution in [0.2, 0.25) is 0 Å². The van der Waals surface area contributed by atoms with Crippen LogP contribution in [0, 0.1) is 0 Å². The van der Waals surface area contributed by atoms with Crippen LogP contribution in [0.1, 0.15) is 5.56 Å². The Morgan fingerprint density at radius 1 is 1.38 bits per heavy atom. The van der Waals surface area contributed by atoms with Gasteiger partial charge in [-0.15, -0.1) is 0 Å². The monoisotopic (exact) mass is 322 g/mol. The van der Waals surface area contributed by atoms with E-state index in [1.807, 2.05) is 30.3 Å². The van der Waals surface area contributed by atoms with Gasteiger partial charge in [-0.3, -0.25) is 14.5 Å². The van der Waals surface area contributed by atoms with Crippen molar-refractivity contribution in [1.29, 1.82) is 0 Å². The third-order valence-electron chi connectivity index (χ3n) is 2.71. The zero-order chi connectivity index (χ0) is 15.2. The van der Waals surface area contributed by atoms with Crippen molar-refractivity contribution >= 4 is 46.2 Å². The van der Waals surface area contributed by atoms with Crippen LogP contribution in [-0.4, -0.2) is 45.8 Å². The maximum absolute atomic E-state index is 12.2. The Labute approximate surface area is 132 Å². The minimum Gasteiger partial charge on any atom is -0.395 e. The fourth-order valence-electron chi connectivity index (χ4n) is 1.73. The average Bonchev–Trinajstić information content (AvgIpc) is 2.74. The molecule has 1 saturated heterocycles. The number of nitrogens with one attached hydrogen (secondary N) is 1. The molecule has 5 nitrogen and oxygen atoms in total. The molecule has 0 aliphatic carbocycles. The van der Waals surface area contributed by atoms with Crippen LogP contribution >= 0.6 is 24.0 Å². The Kier molecular flexibility index (Phi) is 5.49. The highest BCUT2D eigenvalue weighted by atomic mass is 32.2. The molecule has 110 valence electrons. The average molecular weight is 322 g/mol. The quantitative estimate of drug-likeness (QED) is 0.625. The lowest BCUT2D eigenvalue weighted by molar-refractivity contribution is -0.128. The summed E-state index contributed by atoms with van der Waals surface area (Å²) in [4.78, 5) is 25.6. The normalized spacial score (nSPS) is 16.6. The fraction of sp³-hybridized carbons (Fsp3) is 0.214. The van der Waals surface area contributed by atoms with Gasteiger partial charge in [0.25, 0.3) is 5.91 Å². The third kappa shape index (κ3) is 4.13. The van der Waals surface area contributed by atoms with Crippen molar-refractivity contribution in [3.63, 3.8) is 0 Å². The van der Waals surface area contributed by atoms with Crippen LogP contribution in [0.5, 0.6) is 0 Å². The van der Waals surface area contributed by atoms with E-state index in [0.29, 0.717) is 9.23 Å². The van der Waals surface area contributed by atoms with Crippen molar-refractivity contribution in [3.8, 4) is 0 Å². The van der Waals surface area contributed by atoms with E-state index < -0.39 is 0 Å². The highest BCUT2D eigenvalue weighted by Gasteiger charge is 2.33. The van der Waals surface area contributed by atoms with E-state index in [1.165, 1.54) is 16.7 Å². The number of nitrogens with zero attached hydrogens (tertiary/aromatic N) is 1. The van der Waals surface area contributed by atoms with E-state index in [-0.39, 0.29) is 31.5 Å². The number of thiocarbonyl (C=S) groups is 1. The number of amides is 2. The minimum absolute atomic E-state index is 0.128. The van der Waals surface area contributed by atoms with Crippen LogP contribution in [0.3, 0.4) is 0 Å². The molecule has 1 heterocycles. The molecule has 2 amide bonds. The number of benzene rings is 1. The summed E-state index contributed by atoms with van der Waals surface area (Å²) in [6.45, 7) is -0.109. The second-order valence-electron chi connectivity index (χ2n) is 4.25. The van der Waals surface area contributed by atoms with Crippen molar-refractivity contribution in [2.24, 2.45) is 0 Å². The Balaban J connectivity index is 2.06. The van der Waals surface area contributed by atoms with E-state index in [9.17, 15) is 9.59 Å². The first kappa shape index (κ1) is 15.7. The first-order chi connectivity index (χ1) is 10.1. The lowest BCUT2D eigenvalue weighted by Gasteiger charge is -2.13. The largest absolute Gasteiger partial charge is 0.395 e. The highest BCUT2D eigenvalue weighted by Crippen LogP contribution is 2.32. The SMILES string of the molecule is O=C(CN1C(=O)C(=Cc2ccccc2)SC1=S)NCCO. The van der Waals surface area contributed by atoms with Gasteiger partial charge in [0.05, 0.1) is 11.5 Å². The van der Waals surface area contributed by atoms with Crippen LogP contribution in [0.25, 0.3) is 6.08 Å². The molecular formula is C14H14N2O3S2. The smallest absolute Gasteiger partial charge is 0.266 e. The predicted octanol–water partition coefficient (Wildman–Crippen LogP) is 0.996. The third-order valence-corrected chi connectivity index (χ3v) is 4.08. The van der Waals surface area contributed by atoms with Crippen molar-refractivity contribution < 1.29 is 14.7 Å². The number of carbonyl (C=O) groups is 2. The van der Waals surface area contributed by atoms with Crippen LogP contribution in [0.4, 0.5) is 0 Å². The first-order valence-corrected chi connectivity index (χ1v) is 7.52. The molecule has 21 heavy (non-hydrogen) atoms. The minimum atomic E-state index is -0.346. The molecule has 2 rings (SSSR count). The highest BCUT2D eigenvalue weighted by molar-refractivity contribution is 8.26. The van der Waals surface area contributed by atoms with Gasteiger partial charge in [-0.25, -0.2) is 0 Å². The molecular weight excluding hydrogens is 308 g/mol. The number of thioether (sulfide) groups is 1. The summed E-state index contributed by atoms with van der Waals surface area (Å²) in [5, 5.41) is 11.1. The van der Waals surface area contributed by atoms with Crippen molar-refractivity contribution in [1.82, 2.24) is 10.2 Å². The molecule has 1 aromatic rings. The molecule has 0 aromatic heterocycles. The summed E-state index contributed by atoms with van der Waals surface area (Å²) in [6.07, 6.45) is 1.75. The molecule has 0 saturated carbocycles. The molecule has 1 aromatic carbocycles. The topological polar surface area (TPSA) is 69.6 Å².